The average molecular weight is 752 g/mol. The predicted octanol–water partition coefficient (Wildman–Crippen LogP) is 3.83. The molecule has 16 heteroatoms. The largest absolute Gasteiger partial charge is 0.481 e. The van der Waals surface area contributed by atoms with E-state index in [1.165, 1.54) is 35.7 Å². The van der Waals surface area contributed by atoms with Crippen LogP contribution in [0.15, 0.2) is 53.6 Å². The summed E-state index contributed by atoms with van der Waals surface area (Å²) in [6, 6.07) is 9.54. The van der Waals surface area contributed by atoms with Crippen molar-refractivity contribution in [2.75, 3.05) is 27.2 Å². The normalized spacial score (nSPS) is 14.9. The van der Waals surface area contributed by atoms with Gasteiger partial charge in [-0.05, 0) is 44.9 Å². The number of halogens is 2. The molecule has 53 heavy (non-hydrogen) atoms. The maximum Gasteiger partial charge on any atom is 0.410 e. The highest BCUT2D eigenvalue weighted by Crippen LogP contribution is 2.38. The molecule has 0 aliphatic carbocycles. The zero-order valence-electron chi connectivity index (χ0n) is 30.2. The fraction of sp³-hybridized carbons (Fsp3) is 0.405. The van der Waals surface area contributed by atoms with Crippen molar-refractivity contribution in [3.63, 3.8) is 0 Å². The molecule has 1 aliphatic rings. The number of carbonyl (C=O) groups excluding carboxylic acids is 3. The first kappa shape index (κ1) is 39.1. The van der Waals surface area contributed by atoms with Crippen LogP contribution in [0.4, 0.5) is 9.18 Å². The molecule has 0 spiro atoms. The Morgan fingerprint density at radius 1 is 1.21 bits per heavy atom. The molecule has 2 atom stereocenters. The Bertz CT molecular complexity index is 2070. The lowest BCUT2D eigenvalue weighted by Gasteiger charge is -2.29. The quantitative estimate of drug-likeness (QED) is 0.157. The molecule has 5 rings (SSSR count). The number of nitrogens with one attached hydrogen (secondary N) is 3. The molecule has 1 fully saturated rings. The summed E-state index contributed by atoms with van der Waals surface area (Å²) in [5.41, 5.74) is 1.47. The number of aromatic nitrogens is 3. The predicted molar refractivity (Wildman–Crippen MR) is 196 cm³/mol. The van der Waals surface area contributed by atoms with E-state index in [-0.39, 0.29) is 78.2 Å². The second kappa shape index (κ2) is 16.7. The Kier molecular flexibility index (Phi) is 12.3. The standard InChI is InChI=1S/C37H43ClFN7O7/c1-37(2,3)53-36(51)45(19-23-9-10-31(48)43-23)20-27-28(39)15-29(44-34(27)52-5)26-8-6-7-25(33(26)38)21-11-12-46-30(13-21)42-17-22(35(46)50)16-41-18-24(47)14-32(49)40-4/h6-8,11-13,15,17,23-24,41,47H,9-10,14,16,18-20H2,1-5H3,(H,40,49)(H,43,48)/t23-,24?/m0/s1. The van der Waals surface area contributed by atoms with E-state index < -0.39 is 23.6 Å². The number of ether oxygens (including phenoxy) is 2. The Labute approximate surface area is 310 Å². The monoisotopic (exact) mass is 751 g/mol. The number of aliphatic hydroxyl groups is 1. The van der Waals surface area contributed by atoms with Gasteiger partial charge in [-0.2, -0.15) is 0 Å². The van der Waals surface area contributed by atoms with Gasteiger partial charge in [0.05, 0.1) is 42.5 Å². The van der Waals surface area contributed by atoms with Crippen LogP contribution in [0, 0.1) is 5.82 Å². The minimum Gasteiger partial charge on any atom is -0.481 e. The third-order valence-corrected chi connectivity index (χ3v) is 8.92. The number of nitrogens with zero attached hydrogens (tertiary/aromatic N) is 4. The number of benzene rings is 1. The Hall–Kier alpha value is -5.12. The summed E-state index contributed by atoms with van der Waals surface area (Å²) >= 11 is 6.94. The van der Waals surface area contributed by atoms with E-state index in [1.807, 2.05) is 0 Å². The SMILES string of the molecule is CNC(=O)CC(O)CNCc1cnc2cc(-c3cccc(-c4cc(F)c(CN(C[C@@H]5CCC(=O)N5)C(=O)OC(C)(C)C)c(OC)n4)c3Cl)ccn2c1=O. The highest BCUT2D eigenvalue weighted by atomic mass is 35.5. The molecule has 0 radical (unpaired) electrons. The van der Waals surface area contributed by atoms with Gasteiger partial charge < -0.3 is 35.4 Å². The van der Waals surface area contributed by atoms with Gasteiger partial charge in [0.25, 0.3) is 5.56 Å². The molecule has 1 unspecified atom stereocenters. The van der Waals surface area contributed by atoms with Crippen LogP contribution in [-0.4, -0.2) is 87.3 Å². The second-order valence-corrected chi connectivity index (χ2v) is 14.1. The van der Waals surface area contributed by atoms with Gasteiger partial charge in [-0.1, -0.05) is 29.8 Å². The van der Waals surface area contributed by atoms with E-state index in [9.17, 15) is 24.3 Å². The first-order valence-corrected chi connectivity index (χ1v) is 17.4. The van der Waals surface area contributed by atoms with Crippen LogP contribution >= 0.6 is 11.6 Å². The fourth-order valence-corrected chi connectivity index (χ4v) is 6.22. The van der Waals surface area contributed by atoms with Crippen molar-refractivity contribution < 1.29 is 33.4 Å². The van der Waals surface area contributed by atoms with Crippen molar-refractivity contribution in [2.24, 2.45) is 0 Å². The first-order valence-electron chi connectivity index (χ1n) is 17.1. The lowest BCUT2D eigenvalue weighted by molar-refractivity contribution is -0.122. The van der Waals surface area contributed by atoms with Gasteiger partial charge in [0.15, 0.2) is 0 Å². The van der Waals surface area contributed by atoms with E-state index in [0.717, 1.165) is 0 Å². The molecule has 3 amide bonds. The number of methoxy groups -OCH3 is 1. The van der Waals surface area contributed by atoms with Crippen LogP contribution in [0.5, 0.6) is 5.88 Å². The third-order valence-electron chi connectivity index (χ3n) is 8.51. The van der Waals surface area contributed by atoms with E-state index in [1.54, 1.807) is 57.3 Å². The number of rotatable bonds is 13. The Morgan fingerprint density at radius 3 is 2.64 bits per heavy atom. The summed E-state index contributed by atoms with van der Waals surface area (Å²) in [5, 5.41) is 18.5. The van der Waals surface area contributed by atoms with Gasteiger partial charge in [-0.25, -0.2) is 19.2 Å². The van der Waals surface area contributed by atoms with E-state index >= 15 is 4.39 Å². The number of hydrogen-bond donors (Lipinski definition) is 4. The van der Waals surface area contributed by atoms with Crippen molar-refractivity contribution in [3.05, 3.63) is 81.1 Å². The maximum absolute atomic E-state index is 16.0. The van der Waals surface area contributed by atoms with Crippen LogP contribution in [0.25, 0.3) is 28.0 Å². The van der Waals surface area contributed by atoms with Gasteiger partial charge in [0, 0.05) is 74.3 Å². The zero-order chi connectivity index (χ0) is 38.4. The number of amides is 3. The first-order chi connectivity index (χ1) is 25.2. The van der Waals surface area contributed by atoms with Crippen molar-refractivity contribution in [1.82, 2.24) is 35.2 Å². The molecule has 1 saturated heterocycles. The molecule has 4 heterocycles. The zero-order valence-corrected chi connectivity index (χ0v) is 30.9. The van der Waals surface area contributed by atoms with Gasteiger partial charge in [0.1, 0.15) is 17.1 Å². The van der Waals surface area contributed by atoms with E-state index in [2.05, 4.69) is 25.9 Å². The molecular formula is C37H43ClFN7O7. The highest BCUT2D eigenvalue weighted by molar-refractivity contribution is 6.36. The molecule has 0 bridgehead atoms. The maximum atomic E-state index is 16.0. The number of pyridine rings is 2. The van der Waals surface area contributed by atoms with Gasteiger partial charge >= 0.3 is 6.09 Å². The summed E-state index contributed by atoms with van der Waals surface area (Å²) in [5.74, 6) is -1.14. The second-order valence-electron chi connectivity index (χ2n) is 13.7. The van der Waals surface area contributed by atoms with Crippen LogP contribution in [0.2, 0.25) is 5.02 Å². The lowest BCUT2D eigenvalue weighted by atomic mass is 10.0. The molecule has 4 N–H and O–H groups in total. The molecule has 4 aromatic rings. The van der Waals surface area contributed by atoms with Crippen molar-refractivity contribution in [2.45, 2.75) is 70.9 Å². The van der Waals surface area contributed by atoms with Gasteiger partial charge in [-0.3, -0.25) is 18.8 Å². The lowest BCUT2D eigenvalue weighted by Crippen LogP contribution is -2.44. The number of fused-ring (bicyclic) bond motifs is 1. The van der Waals surface area contributed by atoms with Crippen molar-refractivity contribution in [1.29, 1.82) is 0 Å². The Balaban J connectivity index is 1.39. The fourth-order valence-electron chi connectivity index (χ4n) is 5.89. The average Bonchev–Trinajstić information content (AvgIpc) is 3.52. The van der Waals surface area contributed by atoms with E-state index in [0.29, 0.717) is 40.7 Å². The smallest absolute Gasteiger partial charge is 0.410 e. The minimum absolute atomic E-state index is 0.0272. The summed E-state index contributed by atoms with van der Waals surface area (Å²) in [4.78, 5) is 60.1. The van der Waals surface area contributed by atoms with Crippen LogP contribution < -0.4 is 26.2 Å². The topological polar surface area (TPSA) is 176 Å². The third kappa shape index (κ3) is 9.66. The molecule has 1 aromatic carbocycles. The van der Waals surface area contributed by atoms with Gasteiger partial charge in [0.2, 0.25) is 17.7 Å². The van der Waals surface area contributed by atoms with Crippen LogP contribution in [0.3, 0.4) is 0 Å². The summed E-state index contributed by atoms with van der Waals surface area (Å²) < 4.78 is 28.5. The van der Waals surface area contributed by atoms with Gasteiger partial charge in [-0.15, -0.1) is 0 Å². The number of carbonyl (C=O) groups is 3. The van der Waals surface area contributed by atoms with Crippen molar-refractivity contribution >= 4 is 35.2 Å². The van der Waals surface area contributed by atoms with Crippen molar-refractivity contribution in [3.8, 4) is 28.3 Å². The molecular weight excluding hydrogens is 709 g/mol. The summed E-state index contributed by atoms with van der Waals surface area (Å²) in [7, 11) is 2.84. The molecule has 1 aliphatic heterocycles. The molecule has 0 saturated carbocycles. The Morgan fingerprint density at radius 2 is 1.96 bits per heavy atom. The number of hydrogen-bond acceptors (Lipinski definition) is 10. The molecule has 14 nitrogen and oxygen atoms in total. The van der Waals surface area contributed by atoms with Crippen LogP contribution in [0.1, 0.15) is 51.2 Å². The summed E-state index contributed by atoms with van der Waals surface area (Å²) in [6.07, 6.45) is 2.25. The molecule has 282 valence electrons. The number of aliphatic hydroxyl groups excluding tert-OH is 1. The van der Waals surface area contributed by atoms with Crippen LogP contribution in [-0.2, 0) is 27.4 Å². The highest BCUT2D eigenvalue weighted by Gasteiger charge is 2.30. The minimum atomic E-state index is -0.910. The van der Waals surface area contributed by atoms with E-state index in [4.69, 9.17) is 21.1 Å². The molecule has 3 aromatic heterocycles. The summed E-state index contributed by atoms with van der Waals surface area (Å²) in [6.45, 7) is 5.32.